The van der Waals surface area contributed by atoms with Crippen molar-refractivity contribution in [2.24, 2.45) is 0 Å². The first-order valence-corrected chi connectivity index (χ1v) is 9.17. The summed E-state index contributed by atoms with van der Waals surface area (Å²) in [4.78, 5) is 12.0. The van der Waals surface area contributed by atoms with Crippen molar-refractivity contribution in [2.75, 3.05) is 21.6 Å². The van der Waals surface area contributed by atoms with Crippen LogP contribution in [-0.4, -0.2) is 20.7 Å². The average Bonchev–Trinajstić information content (AvgIpc) is 2.48. The highest BCUT2D eigenvalue weighted by Crippen LogP contribution is 2.34. The SMILES string of the molecule is Cc1ccc(NC(=O)Nc2ccccc2C(F)(F)F)cc1NS(C)(=O)=O. The summed E-state index contributed by atoms with van der Waals surface area (Å²) in [5, 5.41) is 4.51. The van der Waals surface area contributed by atoms with Gasteiger partial charge in [-0.2, -0.15) is 13.2 Å². The van der Waals surface area contributed by atoms with Crippen LogP contribution in [0.15, 0.2) is 42.5 Å². The monoisotopic (exact) mass is 387 g/mol. The number of halogens is 3. The zero-order valence-electron chi connectivity index (χ0n) is 13.8. The van der Waals surface area contributed by atoms with E-state index in [2.05, 4.69) is 15.4 Å². The van der Waals surface area contributed by atoms with Gasteiger partial charge in [0.1, 0.15) is 0 Å². The summed E-state index contributed by atoms with van der Waals surface area (Å²) < 4.78 is 63.8. The van der Waals surface area contributed by atoms with E-state index in [4.69, 9.17) is 0 Å². The van der Waals surface area contributed by atoms with Gasteiger partial charge < -0.3 is 10.6 Å². The normalized spacial score (nSPS) is 11.7. The van der Waals surface area contributed by atoms with Gasteiger partial charge >= 0.3 is 12.2 Å². The van der Waals surface area contributed by atoms with Gasteiger partial charge in [0.25, 0.3) is 0 Å². The fourth-order valence-electron chi connectivity index (χ4n) is 2.13. The molecule has 6 nitrogen and oxygen atoms in total. The van der Waals surface area contributed by atoms with Gasteiger partial charge in [-0.1, -0.05) is 18.2 Å². The lowest BCUT2D eigenvalue weighted by molar-refractivity contribution is -0.136. The van der Waals surface area contributed by atoms with E-state index >= 15 is 0 Å². The molecule has 140 valence electrons. The lowest BCUT2D eigenvalue weighted by Crippen LogP contribution is -2.22. The molecule has 0 unspecified atom stereocenters. The highest BCUT2D eigenvalue weighted by atomic mass is 32.2. The number of amides is 2. The molecule has 0 saturated carbocycles. The fraction of sp³-hybridized carbons (Fsp3) is 0.188. The second kappa shape index (κ2) is 7.24. The molecule has 0 aliphatic rings. The molecule has 0 heterocycles. The smallest absolute Gasteiger partial charge is 0.308 e. The lowest BCUT2D eigenvalue weighted by atomic mass is 10.1. The third kappa shape index (κ3) is 5.38. The van der Waals surface area contributed by atoms with E-state index in [0.717, 1.165) is 18.4 Å². The summed E-state index contributed by atoms with van der Waals surface area (Å²) in [6, 6.07) is 8.11. The first kappa shape index (κ1) is 19.6. The van der Waals surface area contributed by atoms with Crippen LogP contribution >= 0.6 is 0 Å². The van der Waals surface area contributed by atoms with Gasteiger partial charge in [0, 0.05) is 5.69 Å². The maximum absolute atomic E-state index is 12.9. The first-order chi connectivity index (χ1) is 12.0. The Hall–Kier alpha value is -2.75. The third-order valence-electron chi connectivity index (χ3n) is 3.27. The number of hydrogen-bond acceptors (Lipinski definition) is 3. The number of nitrogens with one attached hydrogen (secondary N) is 3. The molecule has 0 aliphatic carbocycles. The number of hydrogen-bond donors (Lipinski definition) is 3. The van der Waals surface area contributed by atoms with Crippen molar-refractivity contribution in [1.82, 2.24) is 0 Å². The fourth-order valence-corrected chi connectivity index (χ4v) is 2.75. The molecule has 2 aromatic rings. The Morgan fingerprint density at radius 1 is 1.00 bits per heavy atom. The van der Waals surface area contributed by atoms with Crippen molar-refractivity contribution >= 4 is 33.1 Å². The highest BCUT2D eigenvalue weighted by molar-refractivity contribution is 7.92. The predicted molar refractivity (Wildman–Crippen MR) is 93.7 cm³/mol. The Kier molecular flexibility index (Phi) is 5.45. The standard InChI is InChI=1S/C16H16F3N3O3S/c1-10-7-8-11(9-14(10)22-26(2,24)25)20-15(23)21-13-6-4-3-5-12(13)16(17,18)19/h3-9,22H,1-2H3,(H2,20,21,23). The van der Waals surface area contributed by atoms with E-state index in [9.17, 15) is 26.4 Å². The molecule has 0 aliphatic heterocycles. The summed E-state index contributed by atoms with van der Waals surface area (Å²) in [5.41, 5.74) is -0.286. The van der Waals surface area contributed by atoms with Crippen molar-refractivity contribution in [3.8, 4) is 0 Å². The van der Waals surface area contributed by atoms with E-state index in [0.29, 0.717) is 5.56 Å². The van der Waals surface area contributed by atoms with E-state index < -0.39 is 27.8 Å². The van der Waals surface area contributed by atoms with Gasteiger partial charge in [-0.15, -0.1) is 0 Å². The van der Waals surface area contributed by atoms with E-state index in [-0.39, 0.29) is 17.1 Å². The summed E-state index contributed by atoms with van der Waals surface area (Å²) in [6.07, 6.45) is -3.63. The average molecular weight is 387 g/mol. The predicted octanol–water partition coefficient (Wildman–Crippen LogP) is 4.03. The van der Waals surface area contributed by atoms with Crippen LogP contribution in [0.2, 0.25) is 0 Å². The van der Waals surface area contributed by atoms with Gasteiger partial charge in [-0.05, 0) is 36.8 Å². The van der Waals surface area contributed by atoms with Crippen LogP contribution in [0.5, 0.6) is 0 Å². The summed E-state index contributed by atoms with van der Waals surface area (Å²) in [7, 11) is -3.52. The number of sulfonamides is 1. The molecule has 3 N–H and O–H groups in total. The molecule has 2 amide bonds. The zero-order valence-corrected chi connectivity index (χ0v) is 14.6. The quantitative estimate of drug-likeness (QED) is 0.740. The first-order valence-electron chi connectivity index (χ1n) is 7.28. The molecule has 0 spiro atoms. The van der Waals surface area contributed by atoms with Crippen molar-refractivity contribution < 1.29 is 26.4 Å². The van der Waals surface area contributed by atoms with E-state index in [1.807, 2.05) is 0 Å². The molecule has 0 radical (unpaired) electrons. The number of carbonyl (C=O) groups is 1. The van der Waals surface area contributed by atoms with Crippen molar-refractivity contribution in [1.29, 1.82) is 0 Å². The second-order valence-corrected chi connectivity index (χ2v) is 7.27. The van der Waals surface area contributed by atoms with Crippen LogP contribution < -0.4 is 15.4 Å². The molecular formula is C16H16F3N3O3S. The molecule has 0 bridgehead atoms. The summed E-state index contributed by atoms with van der Waals surface area (Å²) >= 11 is 0. The number of urea groups is 1. The Morgan fingerprint density at radius 3 is 2.27 bits per heavy atom. The Morgan fingerprint density at radius 2 is 1.65 bits per heavy atom. The second-order valence-electron chi connectivity index (χ2n) is 5.53. The molecule has 0 fully saturated rings. The number of rotatable bonds is 4. The van der Waals surface area contributed by atoms with Crippen LogP contribution in [0.4, 0.5) is 35.0 Å². The highest BCUT2D eigenvalue weighted by Gasteiger charge is 2.33. The number of anilines is 3. The van der Waals surface area contributed by atoms with Crippen molar-refractivity contribution in [2.45, 2.75) is 13.1 Å². The number of benzene rings is 2. The molecule has 0 saturated heterocycles. The number of carbonyl (C=O) groups excluding carboxylic acids is 1. The van der Waals surface area contributed by atoms with Gasteiger partial charge in [0.15, 0.2) is 0 Å². The lowest BCUT2D eigenvalue weighted by Gasteiger charge is -2.15. The van der Waals surface area contributed by atoms with Gasteiger partial charge in [-0.3, -0.25) is 4.72 Å². The number of alkyl halides is 3. The molecular weight excluding hydrogens is 371 g/mol. The van der Waals surface area contributed by atoms with Crippen LogP contribution in [0.3, 0.4) is 0 Å². The third-order valence-corrected chi connectivity index (χ3v) is 3.86. The van der Waals surface area contributed by atoms with Crippen LogP contribution in [0.1, 0.15) is 11.1 Å². The van der Waals surface area contributed by atoms with E-state index in [1.165, 1.54) is 24.3 Å². The van der Waals surface area contributed by atoms with Gasteiger partial charge in [-0.25, -0.2) is 13.2 Å². The zero-order chi connectivity index (χ0) is 19.5. The van der Waals surface area contributed by atoms with Crippen LogP contribution in [0, 0.1) is 6.92 Å². The largest absolute Gasteiger partial charge is 0.418 e. The van der Waals surface area contributed by atoms with Crippen LogP contribution in [-0.2, 0) is 16.2 Å². The van der Waals surface area contributed by atoms with Gasteiger partial charge in [0.2, 0.25) is 10.0 Å². The molecule has 10 heteroatoms. The maximum atomic E-state index is 12.9. The molecule has 26 heavy (non-hydrogen) atoms. The Labute approximate surface area is 148 Å². The Balaban J connectivity index is 2.18. The van der Waals surface area contributed by atoms with Crippen LogP contribution in [0.25, 0.3) is 0 Å². The maximum Gasteiger partial charge on any atom is 0.418 e. The minimum atomic E-state index is -4.61. The van der Waals surface area contributed by atoms with Crippen molar-refractivity contribution in [3.63, 3.8) is 0 Å². The molecule has 0 atom stereocenters. The van der Waals surface area contributed by atoms with E-state index in [1.54, 1.807) is 13.0 Å². The minimum absolute atomic E-state index is 0.212. The van der Waals surface area contributed by atoms with Gasteiger partial charge in [0.05, 0.1) is 23.2 Å². The molecule has 2 rings (SSSR count). The minimum Gasteiger partial charge on any atom is -0.308 e. The molecule has 0 aromatic heterocycles. The summed E-state index contributed by atoms with van der Waals surface area (Å²) in [5.74, 6) is 0. The number of para-hydroxylation sites is 1. The van der Waals surface area contributed by atoms with Crippen molar-refractivity contribution in [3.05, 3.63) is 53.6 Å². The molecule has 2 aromatic carbocycles. The summed E-state index contributed by atoms with van der Waals surface area (Å²) in [6.45, 7) is 1.66. The Bertz CT molecular complexity index is 928. The number of aryl methyl sites for hydroxylation is 1. The topological polar surface area (TPSA) is 87.3 Å².